The lowest BCUT2D eigenvalue weighted by atomic mass is 10.1. The van der Waals surface area contributed by atoms with Crippen LogP contribution in [0.15, 0.2) is 4.34 Å². The Morgan fingerprint density at radius 2 is 2.22 bits per heavy atom. The van der Waals surface area contributed by atoms with Gasteiger partial charge in [-0.05, 0) is 26.4 Å². The molecule has 1 saturated heterocycles. The summed E-state index contributed by atoms with van der Waals surface area (Å²) in [5.41, 5.74) is 5.43. The first-order chi connectivity index (χ1) is 8.41. The Kier molecular flexibility index (Phi) is 3.85. The molecule has 18 heavy (non-hydrogen) atoms. The van der Waals surface area contributed by atoms with Gasteiger partial charge in [0.05, 0.1) is 0 Å². The van der Waals surface area contributed by atoms with Crippen LogP contribution < -0.4 is 5.73 Å². The molecule has 102 valence electrons. The van der Waals surface area contributed by atoms with Crippen LogP contribution in [0, 0.1) is 0 Å². The third kappa shape index (κ3) is 2.63. The molecule has 2 rings (SSSR count). The van der Waals surface area contributed by atoms with Gasteiger partial charge in [0.25, 0.3) is 10.0 Å². The van der Waals surface area contributed by atoms with Gasteiger partial charge in [0, 0.05) is 19.6 Å². The molecule has 7 nitrogen and oxygen atoms in total. The fraction of sp³-hybridized carbons (Fsp3) is 0.778. The molecule has 0 amide bonds. The largest absolute Gasteiger partial charge is 0.374 e. The number of piperidine rings is 1. The lowest BCUT2D eigenvalue weighted by Gasteiger charge is -2.34. The molecule has 0 spiro atoms. The van der Waals surface area contributed by atoms with Crippen LogP contribution in [0.4, 0.5) is 5.13 Å². The Hall–Kier alpha value is -0.770. The number of nitrogens with two attached hydrogens (primary N) is 1. The van der Waals surface area contributed by atoms with Crippen LogP contribution >= 0.6 is 11.3 Å². The molecule has 0 radical (unpaired) electrons. The van der Waals surface area contributed by atoms with E-state index in [4.69, 9.17) is 5.73 Å². The second kappa shape index (κ2) is 5.08. The topological polar surface area (TPSA) is 92.4 Å². The molecular formula is C9H17N5O2S2. The van der Waals surface area contributed by atoms with E-state index in [1.54, 1.807) is 7.05 Å². The van der Waals surface area contributed by atoms with Crippen LogP contribution in [0.25, 0.3) is 0 Å². The molecule has 1 aromatic rings. The van der Waals surface area contributed by atoms with E-state index in [9.17, 15) is 8.42 Å². The van der Waals surface area contributed by atoms with Gasteiger partial charge in [-0.25, -0.2) is 8.42 Å². The van der Waals surface area contributed by atoms with Crippen LogP contribution in [0.5, 0.6) is 0 Å². The predicted molar refractivity (Wildman–Crippen MR) is 69.8 cm³/mol. The Balaban J connectivity index is 2.19. The Morgan fingerprint density at radius 3 is 2.78 bits per heavy atom. The molecule has 0 aromatic carbocycles. The second-order valence-corrected chi connectivity index (χ2v) is 7.67. The first-order valence-corrected chi connectivity index (χ1v) is 7.92. The minimum Gasteiger partial charge on any atom is -0.374 e. The number of aromatic nitrogens is 2. The summed E-state index contributed by atoms with van der Waals surface area (Å²) in [6.07, 6.45) is 1.87. The minimum atomic E-state index is -3.57. The molecule has 0 aliphatic carbocycles. The highest BCUT2D eigenvalue weighted by Crippen LogP contribution is 2.24. The van der Waals surface area contributed by atoms with Crippen molar-refractivity contribution in [2.75, 3.05) is 32.9 Å². The molecule has 2 N–H and O–H groups in total. The zero-order valence-electron chi connectivity index (χ0n) is 10.4. The summed E-state index contributed by atoms with van der Waals surface area (Å²) in [4.78, 5) is 2.13. The lowest BCUT2D eigenvalue weighted by molar-refractivity contribution is 0.187. The van der Waals surface area contributed by atoms with Crippen LogP contribution in [0.2, 0.25) is 0 Å². The SMILES string of the molecule is CN1CCCC(N(C)S(=O)(=O)c2nnc(N)s2)C1. The van der Waals surface area contributed by atoms with Gasteiger partial charge in [-0.2, -0.15) is 4.31 Å². The molecular weight excluding hydrogens is 274 g/mol. The van der Waals surface area contributed by atoms with Gasteiger partial charge in [-0.1, -0.05) is 11.3 Å². The highest BCUT2D eigenvalue weighted by Gasteiger charge is 2.32. The normalized spacial score (nSPS) is 22.5. The number of likely N-dealkylation sites (tertiary alicyclic amines) is 1. The number of likely N-dealkylation sites (N-methyl/N-ethyl adjacent to an activating group) is 2. The van der Waals surface area contributed by atoms with E-state index in [-0.39, 0.29) is 15.5 Å². The standard InChI is InChI=1S/C9H17N5O2S2/c1-13-5-3-4-7(6-13)14(2)18(15,16)9-12-11-8(10)17-9/h7H,3-6H2,1-2H3,(H2,10,11). The molecule has 2 heterocycles. The number of nitrogen functional groups attached to an aromatic ring is 1. The van der Waals surface area contributed by atoms with Crippen molar-refractivity contribution >= 4 is 26.5 Å². The van der Waals surface area contributed by atoms with Gasteiger partial charge in [-0.15, -0.1) is 10.2 Å². The molecule has 1 unspecified atom stereocenters. The Bertz CT molecular complexity index is 515. The molecule has 1 aliphatic heterocycles. The number of sulfonamides is 1. The molecule has 1 atom stereocenters. The van der Waals surface area contributed by atoms with Crippen molar-refractivity contribution in [2.45, 2.75) is 23.2 Å². The summed E-state index contributed by atoms with van der Waals surface area (Å²) in [7, 11) is 0.0200. The van der Waals surface area contributed by atoms with Gasteiger partial charge < -0.3 is 10.6 Å². The van der Waals surface area contributed by atoms with Gasteiger partial charge in [0.1, 0.15) is 0 Å². The summed E-state index contributed by atoms with van der Waals surface area (Å²) in [6, 6.07) is -0.0149. The van der Waals surface area contributed by atoms with E-state index >= 15 is 0 Å². The molecule has 1 aliphatic rings. The number of hydrogen-bond donors (Lipinski definition) is 1. The maximum absolute atomic E-state index is 12.3. The zero-order valence-corrected chi connectivity index (χ0v) is 12.0. The van der Waals surface area contributed by atoms with Crippen molar-refractivity contribution in [2.24, 2.45) is 0 Å². The van der Waals surface area contributed by atoms with E-state index in [2.05, 4.69) is 15.1 Å². The highest BCUT2D eigenvalue weighted by atomic mass is 32.2. The van der Waals surface area contributed by atoms with Gasteiger partial charge >= 0.3 is 0 Å². The number of anilines is 1. The van der Waals surface area contributed by atoms with Crippen molar-refractivity contribution in [3.8, 4) is 0 Å². The predicted octanol–water partition coefficient (Wildman–Crippen LogP) is -0.165. The average Bonchev–Trinajstić information content (AvgIpc) is 2.75. The van der Waals surface area contributed by atoms with Crippen LogP contribution in [-0.2, 0) is 10.0 Å². The smallest absolute Gasteiger partial charge is 0.272 e. The lowest BCUT2D eigenvalue weighted by Crippen LogP contribution is -2.47. The van der Waals surface area contributed by atoms with Crippen molar-refractivity contribution in [1.29, 1.82) is 0 Å². The first-order valence-electron chi connectivity index (χ1n) is 5.67. The number of hydrogen-bond acceptors (Lipinski definition) is 7. The maximum Gasteiger partial charge on any atom is 0.272 e. The monoisotopic (exact) mass is 291 g/mol. The van der Waals surface area contributed by atoms with E-state index in [1.807, 2.05) is 7.05 Å². The highest BCUT2D eigenvalue weighted by molar-refractivity contribution is 7.91. The summed E-state index contributed by atoms with van der Waals surface area (Å²) in [5.74, 6) is 0. The van der Waals surface area contributed by atoms with Gasteiger partial charge in [0.15, 0.2) is 0 Å². The summed E-state index contributed by atoms with van der Waals surface area (Å²) in [5, 5.41) is 7.35. The quantitative estimate of drug-likeness (QED) is 0.831. The third-order valence-electron chi connectivity index (χ3n) is 3.14. The van der Waals surface area contributed by atoms with E-state index in [1.165, 1.54) is 4.31 Å². The molecule has 0 saturated carbocycles. The fourth-order valence-electron chi connectivity index (χ4n) is 2.08. The van der Waals surface area contributed by atoms with Gasteiger partial charge in [0.2, 0.25) is 9.47 Å². The van der Waals surface area contributed by atoms with Crippen molar-refractivity contribution in [3.63, 3.8) is 0 Å². The zero-order chi connectivity index (χ0) is 13.3. The fourth-order valence-corrected chi connectivity index (χ4v) is 4.41. The van der Waals surface area contributed by atoms with Gasteiger partial charge in [-0.3, -0.25) is 0 Å². The van der Waals surface area contributed by atoms with Crippen LogP contribution in [0.3, 0.4) is 0 Å². The third-order valence-corrected chi connectivity index (χ3v) is 6.14. The van der Waals surface area contributed by atoms with Crippen molar-refractivity contribution in [1.82, 2.24) is 19.4 Å². The Labute approximate surface area is 111 Å². The van der Waals surface area contributed by atoms with Crippen LogP contribution in [0.1, 0.15) is 12.8 Å². The van der Waals surface area contributed by atoms with E-state index in [0.717, 1.165) is 37.3 Å². The maximum atomic E-state index is 12.3. The first kappa shape index (κ1) is 13.7. The average molecular weight is 291 g/mol. The molecule has 1 aromatic heterocycles. The summed E-state index contributed by atoms with van der Waals surface area (Å²) in [6.45, 7) is 1.75. The minimum absolute atomic E-state index is 0.0149. The number of nitrogens with zero attached hydrogens (tertiary/aromatic N) is 4. The summed E-state index contributed by atoms with van der Waals surface area (Å²) < 4.78 is 26.0. The van der Waals surface area contributed by atoms with E-state index in [0.29, 0.717) is 0 Å². The van der Waals surface area contributed by atoms with Crippen LogP contribution in [-0.4, -0.2) is 61.0 Å². The Morgan fingerprint density at radius 1 is 1.50 bits per heavy atom. The summed E-state index contributed by atoms with van der Waals surface area (Å²) >= 11 is 0.900. The molecule has 0 bridgehead atoms. The van der Waals surface area contributed by atoms with Crippen molar-refractivity contribution < 1.29 is 8.42 Å². The van der Waals surface area contributed by atoms with E-state index < -0.39 is 10.0 Å². The van der Waals surface area contributed by atoms with Crippen molar-refractivity contribution in [3.05, 3.63) is 0 Å². The molecule has 9 heteroatoms. The number of rotatable bonds is 3. The molecule has 1 fully saturated rings. The second-order valence-electron chi connectivity index (χ2n) is 4.49.